The molecule has 0 aromatic carbocycles. The van der Waals surface area contributed by atoms with Gasteiger partial charge in [0.25, 0.3) is 0 Å². The van der Waals surface area contributed by atoms with Crippen molar-refractivity contribution in [3.8, 4) is 0 Å². The van der Waals surface area contributed by atoms with E-state index in [1.807, 2.05) is 0 Å². The fourth-order valence-electron chi connectivity index (χ4n) is 3.27. The summed E-state index contributed by atoms with van der Waals surface area (Å²) in [5.41, 5.74) is 0. The Morgan fingerprint density at radius 1 is 1.06 bits per heavy atom. The molecule has 0 spiro atoms. The molecule has 0 aromatic heterocycles. The van der Waals surface area contributed by atoms with Crippen LogP contribution in [0.25, 0.3) is 0 Å². The van der Waals surface area contributed by atoms with E-state index in [1.165, 1.54) is 25.7 Å². The molecule has 2 rings (SSSR count). The lowest BCUT2D eigenvalue weighted by Gasteiger charge is -2.35. The van der Waals surface area contributed by atoms with Gasteiger partial charge in [0.05, 0.1) is 0 Å². The molecule has 2 aliphatic rings. The highest BCUT2D eigenvalue weighted by Gasteiger charge is 2.29. The summed E-state index contributed by atoms with van der Waals surface area (Å²) < 4.78 is 10.8. The van der Waals surface area contributed by atoms with Gasteiger partial charge in [-0.25, -0.2) is 0 Å². The van der Waals surface area contributed by atoms with E-state index in [0.717, 1.165) is 24.2 Å². The minimum absolute atomic E-state index is 0.0237. The second-order valence-electron chi connectivity index (χ2n) is 6.12. The van der Waals surface area contributed by atoms with Crippen LogP contribution in [0, 0.1) is 23.7 Å². The highest BCUT2D eigenvalue weighted by Crippen LogP contribution is 2.39. The maximum atomic E-state index is 5.39. The van der Waals surface area contributed by atoms with Gasteiger partial charge in [0.1, 0.15) is 12.5 Å². The van der Waals surface area contributed by atoms with E-state index in [4.69, 9.17) is 9.47 Å². The molecule has 1 saturated carbocycles. The van der Waals surface area contributed by atoms with Crippen LogP contribution in [0.3, 0.4) is 0 Å². The van der Waals surface area contributed by atoms with Crippen molar-refractivity contribution in [3.05, 3.63) is 12.5 Å². The normalized spacial score (nSPS) is 31.3. The fraction of sp³-hybridized carbons (Fsp3) is 0.867. The molecule has 3 atom stereocenters. The van der Waals surface area contributed by atoms with Crippen molar-refractivity contribution < 1.29 is 9.47 Å². The van der Waals surface area contributed by atoms with Gasteiger partial charge in [-0.3, -0.25) is 0 Å². The predicted molar refractivity (Wildman–Crippen MR) is 69.2 cm³/mol. The summed E-state index contributed by atoms with van der Waals surface area (Å²) in [5, 5.41) is 0. The highest BCUT2D eigenvalue weighted by atomic mass is 16.7. The Morgan fingerprint density at radius 3 is 2.35 bits per heavy atom. The van der Waals surface area contributed by atoms with E-state index < -0.39 is 0 Å². The van der Waals surface area contributed by atoms with Crippen LogP contribution in [0.5, 0.6) is 0 Å². The lowest BCUT2D eigenvalue weighted by atomic mass is 9.71. The predicted octanol–water partition coefficient (Wildman–Crippen LogP) is 4.32. The van der Waals surface area contributed by atoms with Crippen LogP contribution >= 0.6 is 0 Å². The zero-order chi connectivity index (χ0) is 12.3. The third-order valence-corrected chi connectivity index (χ3v) is 4.58. The molecule has 0 saturated heterocycles. The van der Waals surface area contributed by atoms with E-state index in [1.54, 1.807) is 12.5 Å². The summed E-state index contributed by atoms with van der Waals surface area (Å²) in [6, 6.07) is 0. The van der Waals surface area contributed by atoms with Crippen LogP contribution in [0.2, 0.25) is 0 Å². The summed E-state index contributed by atoms with van der Waals surface area (Å²) in [5.74, 6) is 3.34. The number of ether oxygens (including phenoxy) is 2. The van der Waals surface area contributed by atoms with Gasteiger partial charge in [-0.1, -0.05) is 40.0 Å². The average molecular weight is 238 g/mol. The molecule has 3 unspecified atom stereocenters. The van der Waals surface area contributed by atoms with Gasteiger partial charge in [0.2, 0.25) is 6.29 Å². The molecule has 2 nitrogen and oxygen atoms in total. The summed E-state index contributed by atoms with van der Waals surface area (Å²) in [7, 11) is 0. The maximum Gasteiger partial charge on any atom is 0.239 e. The Bertz CT molecular complexity index is 252. The van der Waals surface area contributed by atoms with Crippen LogP contribution in [0.4, 0.5) is 0 Å². The smallest absolute Gasteiger partial charge is 0.239 e. The van der Waals surface area contributed by atoms with Crippen molar-refractivity contribution in [1.82, 2.24) is 0 Å². The van der Waals surface area contributed by atoms with Crippen LogP contribution in [0.15, 0.2) is 12.5 Å². The van der Waals surface area contributed by atoms with Gasteiger partial charge < -0.3 is 9.47 Å². The monoisotopic (exact) mass is 238 g/mol. The third-order valence-electron chi connectivity index (χ3n) is 4.58. The number of hydrogen-bond donors (Lipinski definition) is 0. The zero-order valence-corrected chi connectivity index (χ0v) is 11.4. The molecule has 0 bridgehead atoms. The van der Waals surface area contributed by atoms with Crippen molar-refractivity contribution in [2.24, 2.45) is 23.7 Å². The van der Waals surface area contributed by atoms with E-state index >= 15 is 0 Å². The van der Waals surface area contributed by atoms with Gasteiger partial charge in [0, 0.05) is 6.42 Å². The minimum Gasteiger partial charge on any atom is -0.459 e. The second-order valence-corrected chi connectivity index (χ2v) is 6.12. The van der Waals surface area contributed by atoms with E-state index in [9.17, 15) is 0 Å². The van der Waals surface area contributed by atoms with E-state index in [2.05, 4.69) is 20.8 Å². The number of rotatable bonds is 4. The van der Waals surface area contributed by atoms with Crippen molar-refractivity contribution in [1.29, 1.82) is 0 Å². The van der Waals surface area contributed by atoms with Crippen LogP contribution < -0.4 is 0 Å². The molecular weight excluding hydrogens is 212 g/mol. The summed E-state index contributed by atoms with van der Waals surface area (Å²) in [4.78, 5) is 0. The van der Waals surface area contributed by atoms with Crippen LogP contribution in [0.1, 0.15) is 52.9 Å². The topological polar surface area (TPSA) is 18.5 Å². The van der Waals surface area contributed by atoms with Crippen LogP contribution in [-0.2, 0) is 9.47 Å². The van der Waals surface area contributed by atoms with Crippen molar-refractivity contribution in [3.63, 3.8) is 0 Å². The quantitative estimate of drug-likeness (QED) is 0.726. The summed E-state index contributed by atoms with van der Waals surface area (Å²) >= 11 is 0. The molecule has 2 heteroatoms. The van der Waals surface area contributed by atoms with E-state index in [0.29, 0.717) is 5.92 Å². The van der Waals surface area contributed by atoms with Gasteiger partial charge in [-0.05, 0) is 30.1 Å². The Kier molecular flexibility index (Phi) is 4.36. The lowest BCUT2D eigenvalue weighted by Crippen LogP contribution is -2.26. The standard InChI is InChI=1S/C15H26O2/c1-11(2)13-5-4-6-14(10-13)12(3)9-15-16-7-8-17-15/h7-8,11-15H,4-6,9-10H2,1-3H3. The van der Waals surface area contributed by atoms with Crippen molar-refractivity contribution in [2.75, 3.05) is 0 Å². The first-order chi connectivity index (χ1) is 8.16. The van der Waals surface area contributed by atoms with Crippen molar-refractivity contribution in [2.45, 2.75) is 59.2 Å². The first-order valence-corrected chi connectivity index (χ1v) is 7.12. The van der Waals surface area contributed by atoms with Crippen molar-refractivity contribution >= 4 is 0 Å². The van der Waals surface area contributed by atoms with Crippen LogP contribution in [-0.4, -0.2) is 6.29 Å². The molecule has 0 amide bonds. The molecule has 1 heterocycles. The van der Waals surface area contributed by atoms with E-state index in [-0.39, 0.29) is 6.29 Å². The molecule has 17 heavy (non-hydrogen) atoms. The molecule has 0 N–H and O–H groups in total. The second kappa shape index (κ2) is 5.79. The largest absolute Gasteiger partial charge is 0.459 e. The maximum absolute atomic E-state index is 5.39. The first-order valence-electron chi connectivity index (χ1n) is 7.12. The van der Waals surface area contributed by atoms with Gasteiger partial charge >= 0.3 is 0 Å². The lowest BCUT2D eigenvalue weighted by molar-refractivity contribution is -0.0460. The molecule has 1 aliphatic carbocycles. The number of hydrogen-bond acceptors (Lipinski definition) is 2. The SMILES string of the molecule is CC(C)C1CCCC(C(C)CC2OC=CO2)C1. The minimum atomic E-state index is -0.0237. The Labute approximate surface area is 105 Å². The zero-order valence-electron chi connectivity index (χ0n) is 11.4. The van der Waals surface area contributed by atoms with Gasteiger partial charge in [0.15, 0.2) is 0 Å². The fourth-order valence-corrected chi connectivity index (χ4v) is 3.27. The van der Waals surface area contributed by atoms with Gasteiger partial charge in [-0.15, -0.1) is 0 Å². The molecule has 1 aliphatic heterocycles. The average Bonchev–Trinajstić information content (AvgIpc) is 2.82. The molecular formula is C15H26O2. The first kappa shape index (κ1) is 12.8. The Morgan fingerprint density at radius 2 is 1.71 bits per heavy atom. The summed E-state index contributed by atoms with van der Waals surface area (Å²) in [6.45, 7) is 7.09. The molecule has 1 fully saturated rings. The highest BCUT2D eigenvalue weighted by molar-refractivity contribution is 4.80. The summed E-state index contributed by atoms with van der Waals surface area (Å²) in [6.07, 6.45) is 9.96. The Balaban J connectivity index is 1.79. The molecule has 0 radical (unpaired) electrons. The molecule has 0 aromatic rings. The third kappa shape index (κ3) is 3.40. The molecule has 98 valence electrons. The Hall–Kier alpha value is -0.660. The van der Waals surface area contributed by atoms with Gasteiger partial charge in [-0.2, -0.15) is 0 Å².